The topological polar surface area (TPSA) is 50.8 Å². The Labute approximate surface area is 118 Å². The highest BCUT2D eigenvalue weighted by Gasteiger charge is 2.40. The lowest BCUT2D eigenvalue weighted by Crippen LogP contribution is -2.50. The standard InChI is InChI=1S/C15H20N2O3/c18-14(16-12-13-4-2-1-3-5-13)17-8-6-15(7-9-17)19-10-11-20-15/h1-5H,6-12H2,(H,16,18). The molecule has 1 aromatic rings. The minimum atomic E-state index is -0.420. The molecule has 0 saturated carbocycles. The molecule has 0 atom stereocenters. The summed E-state index contributed by atoms with van der Waals surface area (Å²) in [5.74, 6) is -0.420. The molecule has 0 radical (unpaired) electrons. The molecule has 0 unspecified atom stereocenters. The van der Waals surface area contributed by atoms with Crippen molar-refractivity contribution in [1.82, 2.24) is 10.2 Å². The van der Waals surface area contributed by atoms with Crippen LogP contribution < -0.4 is 5.32 Å². The number of piperidine rings is 1. The Morgan fingerprint density at radius 1 is 1.15 bits per heavy atom. The van der Waals surface area contributed by atoms with Gasteiger partial charge >= 0.3 is 6.03 Å². The first-order chi connectivity index (χ1) is 9.77. The highest BCUT2D eigenvalue weighted by Crippen LogP contribution is 2.31. The molecule has 1 aromatic carbocycles. The van der Waals surface area contributed by atoms with Crippen LogP contribution in [0.4, 0.5) is 4.79 Å². The summed E-state index contributed by atoms with van der Waals surface area (Å²) in [5.41, 5.74) is 1.11. The number of urea groups is 1. The molecule has 2 aliphatic rings. The first kappa shape index (κ1) is 13.4. The Morgan fingerprint density at radius 3 is 2.45 bits per heavy atom. The van der Waals surface area contributed by atoms with Gasteiger partial charge in [0.2, 0.25) is 0 Å². The zero-order valence-electron chi connectivity index (χ0n) is 11.5. The lowest BCUT2D eigenvalue weighted by Gasteiger charge is -2.37. The maximum Gasteiger partial charge on any atom is 0.317 e. The van der Waals surface area contributed by atoms with Gasteiger partial charge < -0.3 is 19.7 Å². The number of rotatable bonds is 2. The van der Waals surface area contributed by atoms with Crippen LogP contribution in [-0.4, -0.2) is 43.0 Å². The number of nitrogens with zero attached hydrogens (tertiary/aromatic N) is 1. The first-order valence-electron chi connectivity index (χ1n) is 7.12. The molecular formula is C15H20N2O3. The average molecular weight is 276 g/mol. The summed E-state index contributed by atoms with van der Waals surface area (Å²) in [5, 5.41) is 2.95. The lowest BCUT2D eigenvalue weighted by molar-refractivity contribution is -0.181. The monoisotopic (exact) mass is 276 g/mol. The van der Waals surface area contributed by atoms with E-state index in [0.717, 1.165) is 18.4 Å². The van der Waals surface area contributed by atoms with E-state index < -0.39 is 5.79 Å². The second-order valence-corrected chi connectivity index (χ2v) is 5.24. The van der Waals surface area contributed by atoms with Crippen LogP contribution in [-0.2, 0) is 16.0 Å². The molecule has 1 spiro atoms. The molecule has 3 rings (SSSR count). The fourth-order valence-corrected chi connectivity index (χ4v) is 2.72. The molecule has 20 heavy (non-hydrogen) atoms. The summed E-state index contributed by atoms with van der Waals surface area (Å²) in [6, 6.07) is 9.91. The van der Waals surface area contributed by atoms with Gasteiger partial charge in [-0.25, -0.2) is 4.79 Å². The first-order valence-corrected chi connectivity index (χ1v) is 7.12. The fraction of sp³-hybridized carbons (Fsp3) is 0.533. The molecule has 1 N–H and O–H groups in total. The zero-order valence-corrected chi connectivity index (χ0v) is 11.5. The van der Waals surface area contributed by atoms with E-state index in [0.29, 0.717) is 32.8 Å². The predicted octanol–water partition coefficient (Wildman–Crippen LogP) is 1.74. The lowest BCUT2D eigenvalue weighted by atomic mass is 10.0. The Bertz CT molecular complexity index is 447. The van der Waals surface area contributed by atoms with Crippen LogP contribution in [0.1, 0.15) is 18.4 Å². The van der Waals surface area contributed by atoms with Crippen molar-refractivity contribution in [3.8, 4) is 0 Å². The van der Waals surface area contributed by atoms with E-state index in [1.165, 1.54) is 0 Å². The van der Waals surface area contributed by atoms with Gasteiger partial charge in [-0.05, 0) is 5.56 Å². The van der Waals surface area contributed by atoms with Crippen molar-refractivity contribution in [2.24, 2.45) is 0 Å². The Morgan fingerprint density at radius 2 is 1.80 bits per heavy atom. The smallest absolute Gasteiger partial charge is 0.317 e. The third-order valence-electron chi connectivity index (χ3n) is 3.91. The van der Waals surface area contributed by atoms with Crippen molar-refractivity contribution in [3.05, 3.63) is 35.9 Å². The number of carbonyl (C=O) groups excluding carboxylic acids is 1. The quantitative estimate of drug-likeness (QED) is 0.895. The summed E-state index contributed by atoms with van der Waals surface area (Å²) < 4.78 is 11.3. The third kappa shape index (κ3) is 2.94. The van der Waals surface area contributed by atoms with Gasteiger partial charge in [-0.15, -0.1) is 0 Å². The van der Waals surface area contributed by atoms with Gasteiger partial charge in [0.1, 0.15) is 0 Å². The Kier molecular flexibility index (Phi) is 3.89. The normalized spacial score (nSPS) is 21.1. The van der Waals surface area contributed by atoms with E-state index in [9.17, 15) is 4.79 Å². The zero-order chi connectivity index (χ0) is 13.8. The number of hydrogen-bond acceptors (Lipinski definition) is 3. The highest BCUT2D eigenvalue weighted by molar-refractivity contribution is 5.74. The van der Waals surface area contributed by atoms with Gasteiger partial charge in [-0.3, -0.25) is 0 Å². The molecule has 2 aliphatic heterocycles. The molecule has 5 heteroatoms. The molecule has 2 fully saturated rings. The van der Waals surface area contributed by atoms with Crippen LogP contribution in [0.3, 0.4) is 0 Å². The average Bonchev–Trinajstić information content (AvgIpc) is 2.95. The van der Waals surface area contributed by atoms with Crippen molar-refractivity contribution in [2.75, 3.05) is 26.3 Å². The highest BCUT2D eigenvalue weighted by atomic mass is 16.7. The molecular weight excluding hydrogens is 256 g/mol. The van der Waals surface area contributed by atoms with Gasteiger partial charge in [0.25, 0.3) is 0 Å². The van der Waals surface area contributed by atoms with E-state index in [1.807, 2.05) is 35.2 Å². The minimum Gasteiger partial charge on any atom is -0.347 e. The van der Waals surface area contributed by atoms with Crippen molar-refractivity contribution in [1.29, 1.82) is 0 Å². The summed E-state index contributed by atoms with van der Waals surface area (Å²) >= 11 is 0. The van der Waals surface area contributed by atoms with E-state index >= 15 is 0 Å². The van der Waals surface area contributed by atoms with E-state index in [1.54, 1.807) is 0 Å². The van der Waals surface area contributed by atoms with Crippen LogP contribution >= 0.6 is 0 Å². The third-order valence-corrected chi connectivity index (χ3v) is 3.91. The number of amides is 2. The Balaban J connectivity index is 1.47. The molecule has 2 heterocycles. The number of hydrogen-bond donors (Lipinski definition) is 1. The van der Waals surface area contributed by atoms with Crippen LogP contribution in [0.15, 0.2) is 30.3 Å². The van der Waals surface area contributed by atoms with Crippen LogP contribution in [0.25, 0.3) is 0 Å². The number of likely N-dealkylation sites (tertiary alicyclic amines) is 1. The van der Waals surface area contributed by atoms with Gasteiger partial charge in [-0.2, -0.15) is 0 Å². The van der Waals surface area contributed by atoms with E-state index in [4.69, 9.17) is 9.47 Å². The number of carbonyl (C=O) groups is 1. The summed E-state index contributed by atoms with van der Waals surface area (Å²) in [6.07, 6.45) is 1.51. The van der Waals surface area contributed by atoms with Crippen LogP contribution in [0.2, 0.25) is 0 Å². The maximum atomic E-state index is 12.1. The molecule has 0 bridgehead atoms. The van der Waals surface area contributed by atoms with E-state index in [2.05, 4.69) is 5.32 Å². The molecule has 0 aliphatic carbocycles. The minimum absolute atomic E-state index is 0.0123. The molecule has 5 nitrogen and oxygen atoms in total. The van der Waals surface area contributed by atoms with Gasteiger partial charge in [-0.1, -0.05) is 30.3 Å². The fourth-order valence-electron chi connectivity index (χ4n) is 2.72. The summed E-state index contributed by atoms with van der Waals surface area (Å²) in [6.45, 7) is 3.26. The largest absolute Gasteiger partial charge is 0.347 e. The second kappa shape index (κ2) is 5.81. The number of benzene rings is 1. The van der Waals surface area contributed by atoms with Gasteiger partial charge in [0, 0.05) is 32.5 Å². The molecule has 108 valence electrons. The predicted molar refractivity (Wildman–Crippen MR) is 74.1 cm³/mol. The maximum absolute atomic E-state index is 12.1. The van der Waals surface area contributed by atoms with Crippen LogP contribution in [0.5, 0.6) is 0 Å². The number of ether oxygens (including phenoxy) is 2. The number of nitrogens with one attached hydrogen (secondary N) is 1. The van der Waals surface area contributed by atoms with Crippen molar-refractivity contribution in [3.63, 3.8) is 0 Å². The molecule has 0 aromatic heterocycles. The van der Waals surface area contributed by atoms with Gasteiger partial charge in [0.15, 0.2) is 5.79 Å². The van der Waals surface area contributed by atoms with Crippen molar-refractivity contribution < 1.29 is 14.3 Å². The van der Waals surface area contributed by atoms with Crippen molar-refractivity contribution >= 4 is 6.03 Å². The SMILES string of the molecule is O=C(NCc1ccccc1)N1CCC2(CC1)OCCO2. The van der Waals surface area contributed by atoms with Gasteiger partial charge in [0.05, 0.1) is 13.2 Å². The second-order valence-electron chi connectivity index (χ2n) is 5.24. The van der Waals surface area contributed by atoms with Crippen molar-refractivity contribution in [2.45, 2.75) is 25.2 Å². The molecule has 2 saturated heterocycles. The van der Waals surface area contributed by atoms with Crippen LogP contribution in [0, 0.1) is 0 Å². The summed E-state index contributed by atoms with van der Waals surface area (Å²) in [4.78, 5) is 13.9. The van der Waals surface area contributed by atoms with E-state index in [-0.39, 0.29) is 6.03 Å². The Hall–Kier alpha value is -1.59. The summed E-state index contributed by atoms with van der Waals surface area (Å²) in [7, 11) is 0. The molecule has 2 amide bonds.